The number of benzene rings is 2. The van der Waals surface area contributed by atoms with Crippen LogP contribution in [-0.2, 0) is 9.53 Å². The van der Waals surface area contributed by atoms with Gasteiger partial charge in [0.2, 0.25) is 5.78 Å². The molecule has 0 fully saturated rings. The van der Waals surface area contributed by atoms with Crippen LogP contribution in [0.4, 0.5) is 0 Å². The van der Waals surface area contributed by atoms with Crippen LogP contribution in [0.5, 0.6) is 0 Å². The molecule has 0 saturated heterocycles. The van der Waals surface area contributed by atoms with E-state index in [1.165, 1.54) is 37.3 Å². The van der Waals surface area contributed by atoms with Crippen LogP contribution in [0.1, 0.15) is 38.0 Å². The average molecular weight is 406 g/mol. The fourth-order valence-corrected chi connectivity index (χ4v) is 3.23. The summed E-state index contributed by atoms with van der Waals surface area (Å²) in [6.45, 7) is 0.789. The standard InChI is InChI=1S/C19H13Cl2NO5/c1-10(22-17(24)12-4-2-3-5-13(12)18(22)25)19(26)27-9-16(23)14-7-6-11(20)8-15(14)21/h2-8,10H,9H2,1H3/t10-/m0/s1. The number of nitrogens with zero attached hydrogens (tertiary/aromatic N) is 1. The second kappa shape index (κ2) is 7.50. The van der Waals surface area contributed by atoms with Gasteiger partial charge in [-0.05, 0) is 37.3 Å². The van der Waals surface area contributed by atoms with Gasteiger partial charge < -0.3 is 4.74 Å². The average Bonchev–Trinajstić information content (AvgIpc) is 2.90. The second-order valence-corrected chi connectivity index (χ2v) is 6.70. The van der Waals surface area contributed by atoms with Gasteiger partial charge >= 0.3 is 5.97 Å². The highest BCUT2D eigenvalue weighted by Crippen LogP contribution is 2.25. The first-order chi connectivity index (χ1) is 12.8. The molecule has 1 heterocycles. The Labute approximate surface area is 164 Å². The molecule has 27 heavy (non-hydrogen) atoms. The predicted octanol–water partition coefficient (Wildman–Crippen LogP) is 3.40. The Balaban J connectivity index is 1.67. The van der Waals surface area contributed by atoms with Gasteiger partial charge in [-0.2, -0.15) is 0 Å². The van der Waals surface area contributed by atoms with Crippen molar-refractivity contribution < 1.29 is 23.9 Å². The van der Waals surface area contributed by atoms with Crippen molar-refractivity contribution in [2.24, 2.45) is 0 Å². The fraction of sp³-hybridized carbons (Fsp3) is 0.158. The lowest BCUT2D eigenvalue weighted by atomic mass is 10.1. The Morgan fingerprint density at radius 3 is 2.19 bits per heavy atom. The van der Waals surface area contributed by atoms with Gasteiger partial charge in [0.05, 0.1) is 16.1 Å². The van der Waals surface area contributed by atoms with Gasteiger partial charge in [-0.15, -0.1) is 0 Å². The summed E-state index contributed by atoms with van der Waals surface area (Å²) in [6, 6.07) is 9.43. The Hall–Kier alpha value is -2.70. The monoisotopic (exact) mass is 405 g/mol. The highest BCUT2D eigenvalue weighted by molar-refractivity contribution is 6.36. The predicted molar refractivity (Wildman–Crippen MR) is 98.2 cm³/mol. The molecule has 0 aromatic heterocycles. The molecule has 8 heteroatoms. The Morgan fingerprint density at radius 2 is 1.63 bits per heavy atom. The minimum atomic E-state index is -1.18. The first-order valence-electron chi connectivity index (χ1n) is 7.93. The van der Waals surface area contributed by atoms with E-state index >= 15 is 0 Å². The maximum Gasteiger partial charge on any atom is 0.329 e. The third kappa shape index (κ3) is 3.59. The number of fused-ring (bicyclic) bond motifs is 1. The maximum atomic E-state index is 12.4. The summed E-state index contributed by atoms with van der Waals surface area (Å²) < 4.78 is 4.99. The summed E-state index contributed by atoms with van der Waals surface area (Å²) in [5.41, 5.74) is 0.611. The SMILES string of the molecule is C[C@@H](C(=O)OCC(=O)c1ccc(Cl)cc1Cl)N1C(=O)c2ccccc2C1=O. The van der Waals surface area contributed by atoms with E-state index in [0.717, 1.165) is 4.90 Å². The maximum absolute atomic E-state index is 12.4. The van der Waals surface area contributed by atoms with Crippen molar-refractivity contribution in [3.8, 4) is 0 Å². The van der Waals surface area contributed by atoms with Crippen LogP contribution >= 0.6 is 23.2 Å². The van der Waals surface area contributed by atoms with Crippen LogP contribution in [0.3, 0.4) is 0 Å². The minimum Gasteiger partial charge on any atom is -0.456 e. The molecule has 0 spiro atoms. The lowest BCUT2D eigenvalue weighted by Crippen LogP contribution is -2.44. The number of Topliss-reactive ketones (excluding diaryl/α,β-unsaturated/α-hetero) is 1. The van der Waals surface area contributed by atoms with Gasteiger partial charge in [0.25, 0.3) is 11.8 Å². The van der Waals surface area contributed by atoms with E-state index in [1.807, 2.05) is 0 Å². The van der Waals surface area contributed by atoms with Crippen molar-refractivity contribution in [1.29, 1.82) is 0 Å². The highest BCUT2D eigenvalue weighted by Gasteiger charge is 2.41. The Kier molecular flexibility index (Phi) is 5.30. The van der Waals surface area contributed by atoms with E-state index in [2.05, 4.69) is 0 Å². The number of ether oxygens (including phenoxy) is 1. The van der Waals surface area contributed by atoms with Gasteiger partial charge in [-0.1, -0.05) is 35.3 Å². The number of carbonyl (C=O) groups excluding carboxylic acids is 4. The lowest BCUT2D eigenvalue weighted by Gasteiger charge is -2.20. The topological polar surface area (TPSA) is 80.8 Å². The van der Waals surface area contributed by atoms with Crippen LogP contribution in [0, 0.1) is 0 Å². The normalized spacial score (nSPS) is 14.1. The largest absolute Gasteiger partial charge is 0.456 e. The number of ketones is 1. The summed E-state index contributed by atoms with van der Waals surface area (Å²) in [6.07, 6.45) is 0. The van der Waals surface area contributed by atoms with Crippen LogP contribution in [0.25, 0.3) is 0 Å². The molecule has 2 aromatic carbocycles. The van der Waals surface area contributed by atoms with Crippen LogP contribution in [0.2, 0.25) is 10.0 Å². The third-order valence-corrected chi connectivity index (χ3v) is 4.68. The van der Waals surface area contributed by atoms with Crippen LogP contribution in [-0.4, -0.2) is 41.1 Å². The minimum absolute atomic E-state index is 0.136. The quantitative estimate of drug-likeness (QED) is 0.432. The van der Waals surface area contributed by atoms with Crippen LogP contribution < -0.4 is 0 Å². The fourth-order valence-electron chi connectivity index (χ4n) is 2.72. The highest BCUT2D eigenvalue weighted by atomic mass is 35.5. The van der Waals surface area contributed by atoms with Gasteiger partial charge in [0.15, 0.2) is 6.61 Å². The molecule has 138 valence electrons. The van der Waals surface area contributed by atoms with Gasteiger partial charge in [-0.3, -0.25) is 19.3 Å². The molecule has 0 N–H and O–H groups in total. The molecule has 3 rings (SSSR count). The first kappa shape index (κ1) is 19.1. The summed E-state index contributed by atoms with van der Waals surface area (Å²) in [5, 5.41) is 0.504. The lowest BCUT2D eigenvalue weighted by molar-refractivity contribution is -0.146. The summed E-state index contributed by atoms with van der Waals surface area (Å²) in [5.74, 6) is -2.55. The molecule has 1 aliphatic rings. The van der Waals surface area contributed by atoms with Crippen LogP contribution in [0.15, 0.2) is 42.5 Å². The molecule has 2 amide bonds. The number of hydrogen-bond donors (Lipinski definition) is 0. The number of esters is 1. The molecule has 2 aromatic rings. The van der Waals surface area contributed by atoms with Crippen molar-refractivity contribution in [2.75, 3.05) is 6.61 Å². The Bertz CT molecular complexity index is 937. The van der Waals surface area contributed by atoms with E-state index in [1.54, 1.807) is 12.1 Å². The summed E-state index contributed by atoms with van der Waals surface area (Å²) in [4.78, 5) is 50.1. The molecule has 1 aliphatic heterocycles. The molecule has 0 radical (unpaired) electrons. The number of carbonyl (C=O) groups is 4. The van der Waals surface area contributed by atoms with E-state index < -0.39 is 36.2 Å². The zero-order valence-electron chi connectivity index (χ0n) is 14.1. The van der Waals surface area contributed by atoms with E-state index in [0.29, 0.717) is 5.02 Å². The second-order valence-electron chi connectivity index (χ2n) is 5.86. The smallest absolute Gasteiger partial charge is 0.329 e. The molecule has 0 unspecified atom stereocenters. The van der Waals surface area contributed by atoms with Crippen molar-refractivity contribution in [3.05, 3.63) is 69.2 Å². The molecular formula is C19H13Cl2NO5. The van der Waals surface area contributed by atoms with Gasteiger partial charge in [0.1, 0.15) is 6.04 Å². The van der Waals surface area contributed by atoms with E-state index in [4.69, 9.17) is 27.9 Å². The molecule has 0 saturated carbocycles. The van der Waals surface area contributed by atoms with Crippen molar-refractivity contribution in [1.82, 2.24) is 4.90 Å². The van der Waals surface area contributed by atoms with Crippen molar-refractivity contribution >= 4 is 46.8 Å². The summed E-state index contributed by atoms with van der Waals surface area (Å²) >= 11 is 11.7. The van der Waals surface area contributed by atoms with E-state index in [9.17, 15) is 19.2 Å². The number of imide groups is 1. The zero-order chi connectivity index (χ0) is 19.7. The Morgan fingerprint density at radius 1 is 1.04 bits per heavy atom. The van der Waals surface area contributed by atoms with E-state index in [-0.39, 0.29) is 21.7 Å². The number of hydrogen-bond acceptors (Lipinski definition) is 5. The molecule has 0 bridgehead atoms. The molecule has 0 aliphatic carbocycles. The molecule has 1 atom stereocenters. The number of rotatable bonds is 5. The number of amides is 2. The van der Waals surface area contributed by atoms with Gasteiger partial charge in [-0.25, -0.2) is 4.79 Å². The first-order valence-corrected chi connectivity index (χ1v) is 8.68. The van der Waals surface area contributed by atoms with Crippen molar-refractivity contribution in [3.63, 3.8) is 0 Å². The molecule has 6 nitrogen and oxygen atoms in total. The number of halogens is 2. The van der Waals surface area contributed by atoms with Crippen molar-refractivity contribution in [2.45, 2.75) is 13.0 Å². The van der Waals surface area contributed by atoms with Gasteiger partial charge in [0, 0.05) is 10.6 Å². The zero-order valence-corrected chi connectivity index (χ0v) is 15.6. The summed E-state index contributed by atoms with van der Waals surface area (Å²) in [7, 11) is 0. The third-order valence-electron chi connectivity index (χ3n) is 4.13. The molecular weight excluding hydrogens is 393 g/mol.